The molecule has 0 aromatic heterocycles. The van der Waals surface area contributed by atoms with Crippen LogP contribution in [0.25, 0.3) is 0 Å². The molecule has 0 aromatic carbocycles. The van der Waals surface area contributed by atoms with Gasteiger partial charge in [-0.25, -0.2) is 9.59 Å². The third-order valence-corrected chi connectivity index (χ3v) is 3.29. The summed E-state index contributed by atoms with van der Waals surface area (Å²) in [5, 5.41) is 1.83. The molecule has 0 spiro atoms. The number of carbonyl (C=O) groups is 3. The molecular formula is C13H18N2O5. The van der Waals surface area contributed by atoms with E-state index in [2.05, 4.69) is 0 Å². The van der Waals surface area contributed by atoms with Crippen molar-refractivity contribution in [1.82, 2.24) is 10.0 Å². The van der Waals surface area contributed by atoms with Crippen molar-refractivity contribution in [1.29, 1.82) is 0 Å². The second-order valence-electron chi connectivity index (χ2n) is 4.52. The molecule has 3 amide bonds. The van der Waals surface area contributed by atoms with Crippen LogP contribution in [0.1, 0.15) is 33.1 Å². The average Bonchev–Trinajstić information content (AvgIpc) is 2.85. The van der Waals surface area contributed by atoms with Gasteiger partial charge in [0.1, 0.15) is 0 Å². The van der Waals surface area contributed by atoms with Crippen LogP contribution >= 0.6 is 0 Å². The number of nitrogens with zero attached hydrogens (tertiary/aromatic N) is 2. The number of rotatable bonds is 2. The number of hydrogen-bond donors (Lipinski definition) is 0. The molecular weight excluding hydrogens is 264 g/mol. The van der Waals surface area contributed by atoms with Crippen LogP contribution in [0.15, 0.2) is 11.6 Å². The molecule has 0 unspecified atom stereocenters. The molecule has 1 fully saturated rings. The Hall–Kier alpha value is -2.05. The van der Waals surface area contributed by atoms with Crippen molar-refractivity contribution in [3.05, 3.63) is 11.6 Å². The molecule has 1 aliphatic carbocycles. The van der Waals surface area contributed by atoms with Crippen LogP contribution in [0, 0.1) is 0 Å². The monoisotopic (exact) mass is 282 g/mol. The molecule has 0 saturated heterocycles. The molecule has 1 saturated carbocycles. The second kappa shape index (κ2) is 5.94. The van der Waals surface area contributed by atoms with Gasteiger partial charge in [-0.1, -0.05) is 0 Å². The van der Waals surface area contributed by atoms with Crippen LogP contribution in [-0.2, 0) is 14.3 Å². The third kappa shape index (κ3) is 2.48. The molecule has 1 atom stereocenters. The quantitative estimate of drug-likeness (QED) is 0.772. The van der Waals surface area contributed by atoms with E-state index in [9.17, 15) is 14.4 Å². The van der Waals surface area contributed by atoms with Gasteiger partial charge < -0.3 is 9.47 Å². The van der Waals surface area contributed by atoms with E-state index in [1.807, 2.05) is 0 Å². The SMILES string of the molecule is CCOC(=O)N1C(=O)C=C2CCC[C@@H]2N1C(=O)OCC. The van der Waals surface area contributed by atoms with E-state index in [4.69, 9.17) is 9.47 Å². The normalized spacial score (nSPS) is 21.4. The van der Waals surface area contributed by atoms with E-state index in [0.717, 1.165) is 28.4 Å². The molecule has 110 valence electrons. The summed E-state index contributed by atoms with van der Waals surface area (Å²) < 4.78 is 9.80. The molecule has 7 heteroatoms. The predicted molar refractivity (Wildman–Crippen MR) is 68.5 cm³/mol. The van der Waals surface area contributed by atoms with E-state index in [1.54, 1.807) is 13.8 Å². The summed E-state index contributed by atoms with van der Waals surface area (Å²) in [4.78, 5) is 36.1. The maximum Gasteiger partial charge on any atom is 0.436 e. The highest BCUT2D eigenvalue weighted by Crippen LogP contribution is 2.34. The Morgan fingerprint density at radius 1 is 1.25 bits per heavy atom. The Balaban J connectivity index is 2.33. The molecule has 1 aliphatic heterocycles. The Bertz CT molecular complexity index is 460. The van der Waals surface area contributed by atoms with Crippen molar-refractivity contribution in [2.75, 3.05) is 13.2 Å². The van der Waals surface area contributed by atoms with Crippen LogP contribution in [-0.4, -0.2) is 47.4 Å². The summed E-state index contributed by atoms with van der Waals surface area (Å²) in [6.07, 6.45) is 2.19. The van der Waals surface area contributed by atoms with E-state index >= 15 is 0 Å². The first-order valence-corrected chi connectivity index (χ1v) is 6.77. The van der Waals surface area contributed by atoms with Gasteiger partial charge in [-0.2, -0.15) is 5.01 Å². The van der Waals surface area contributed by atoms with Gasteiger partial charge in [0, 0.05) is 6.08 Å². The van der Waals surface area contributed by atoms with Crippen molar-refractivity contribution < 1.29 is 23.9 Å². The van der Waals surface area contributed by atoms with Gasteiger partial charge in [0.15, 0.2) is 0 Å². The van der Waals surface area contributed by atoms with Crippen molar-refractivity contribution in [2.24, 2.45) is 0 Å². The van der Waals surface area contributed by atoms with Crippen LogP contribution in [0.4, 0.5) is 9.59 Å². The maximum absolute atomic E-state index is 12.1. The number of carbonyl (C=O) groups excluding carboxylic acids is 3. The predicted octanol–water partition coefficient (Wildman–Crippen LogP) is 1.84. The molecule has 2 rings (SSSR count). The minimum atomic E-state index is -0.854. The fourth-order valence-electron chi connectivity index (χ4n) is 2.53. The third-order valence-electron chi connectivity index (χ3n) is 3.29. The number of hydrogen-bond acceptors (Lipinski definition) is 5. The highest BCUT2D eigenvalue weighted by Gasteiger charge is 2.44. The second-order valence-corrected chi connectivity index (χ2v) is 4.52. The number of ether oxygens (including phenoxy) is 2. The minimum absolute atomic E-state index is 0.126. The van der Waals surface area contributed by atoms with Crippen molar-refractivity contribution >= 4 is 18.1 Å². The Labute approximate surface area is 117 Å². The van der Waals surface area contributed by atoms with Crippen LogP contribution in [0.2, 0.25) is 0 Å². The minimum Gasteiger partial charge on any atom is -0.448 e. The van der Waals surface area contributed by atoms with Gasteiger partial charge in [-0.3, -0.25) is 4.79 Å². The first-order chi connectivity index (χ1) is 9.60. The zero-order valence-corrected chi connectivity index (χ0v) is 11.6. The van der Waals surface area contributed by atoms with Gasteiger partial charge in [0.25, 0.3) is 5.91 Å². The molecule has 1 heterocycles. The molecule has 20 heavy (non-hydrogen) atoms. The number of hydrazine groups is 1. The summed E-state index contributed by atoms with van der Waals surface area (Å²) in [6.45, 7) is 3.61. The van der Waals surface area contributed by atoms with E-state index in [-0.39, 0.29) is 19.3 Å². The van der Waals surface area contributed by atoms with Crippen molar-refractivity contribution in [2.45, 2.75) is 39.2 Å². The van der Waals surface area contributed by atoms with Crippen molar-refractivity contribution in [3.63, 3.8) is 0 Å². The molecule has 0 N–H and O–H groups in total. The van der Waals surface area contributed by atoms with Gasteiger partial charge in [0.05, 0.1) is 19.3 Å². The summed E-state index contributed by atoms with van der Waals surface area (Å²) in [5.74, 6) is -0.565. The lowest BCUT2D eigenvalue weighted by atomic mass is 10.1. The highest BCUT2D eigenvalue weighted by atomic mass is 16.6. The summed E-state index contributed by atoms with van der Waals surface area (Å²) in [6, 6.07) is -0.295. The van der Waals surface area contributed by atoms with E-state index in [0.29, 0.717) is 6.42 Å². The summed E-state index contributed by atoms with van der Waals surface area (Å²) >= 11 is 0. The molecule has 0 radical (unpaired) electrons. The number of amides is 3. The standard InChI is InChI=1S/C13H18N2O5/c1-3-19-12(17)14-10-7-5-6-9(10)8-11(16)15(14)13(18)20-4-2/h8,10H,3-7H2,1-2H3/t10-/m0/s1. The van der Waals surface area contributed by atoms with Gasteiger partial charge in [-0.15, -0.1) is 5.01 Å². The summed E-state index contributed by atoms with van der Waals surface area (Å²) in [5.41, 5.74) is 0.864. The maximum atomic E-state index is 12.1. The largest absolute Gasteiger partial charge is 0.448 e. The first kappa shape index (κ1) is 14.4. The van der Waals surface area contributed by atoms with Gasteiger partial charge in [-0.05, 0) is 38.7 Å². The van der Waals surface area contributed by atoms with Crippen LogP contribution in [0.5, 0.6) is 0 Å². The number of imide groups is 1. The first-order valence-electron chi connectivity index (χ1n) is 6.77. The van der Waals surface area contributed by atoms with Crippen LogP contribution in [0.3, 0.4) is 0 Å². The lowest BCUT2D eigenvalue weighted by Gasteiger charge is -2.38. The fourth-order valence-corrected chi connectivity index (χ4v) is 2.53. The highest BCUT2D eigenvalue weighted by molar-refractivity contribution is 6.01. The molecule has 2 aliphatic rings. The lowest BCUT2D eigenvalue weighted by Crippen LogP contribution is -2.59. The molecule has 0 aromatic rings. The molecule has 7 nitrogen and oxygen atoms in total. The van der Waals surface area contributed by atoms with E-state index < -0.39 is 18.1 Å². The number of fused-ring (bicyclic) bond motifs is 1. The zero-order valence-electron chi connectivity index (χ0n) is 11.6. The smallest absolute Gasteiger partial charge is 0.436 e. The Morgan fingerprint density at radius 2 is 1.90 bits per heavy atom. The lowest BCUT2D eigenvalue weighted by molar-refractivity contribution is -0.140. The molecule has 0 bridgehead atoms. The zero-order chi connectivity index (χ0) is 14.7. The van der Waals surface area contributed by atoms with Crippen LogP contribution < -0.4 is 0 Å². The van der Waals surface area contributed by atoms with Gasteiger partial charge >= 0.3 is 12.2 Å². The van der Waals surface area contributed by atoms with Gasteiger partial charge in [0.2, 0.25) is 0 Å². The average molecular weight is 282 g/mol. The Morgan fingerprint density at radius 3 is 2.55 bits per heavy atom. The summed E-state index contributed by atoms with van der Waals surface area (Å²) in [7, 11) is 0. The topological polar surface area (TPSA) is 76.2 Å². The Kier molecular flexibility index (Phi) is 4.26. The van der Waals surface area contributed by atoms with Crippen molar-refractivity contribution in [3.8, 4) is 0 Å². The fraction of sp³-hybridized carbons (Fsp3) is 0.615. The van der Waals surface area contributed by atoms with E-state index in [1.165, 1.54) is 6.08 Å².